The van der Waals surface area contributed by atoms with Gasteiger partial charge in [-0.25, -0.2) is 4.79 Å². The summed E-state index contributed by atoms with van der Waals surface area (Å²) < 4.78 is 0. The second-order valence-electron chi connectivity index (χ2n) is 3.79. The zero-order valence-corrected chi connectivity index (χ0v) is 8.74. The second-order valence-corrected chi connectivity index (χ2v) is 3.79. The van der Waals surface area contributed by atoms with Crippen LogP contribution < -0.4 is 0 Å². The lowest BCUT2D eigenvalue weighted by Gasteiger charge is -2.07. The number of benzene rings is 2. The normalized spacial score (nSPS) is 10.5. The molecule has 0 saturated carbocycles. The summed E-state index contributed by atoms with van der Waals surface area (Å²) in [5, 5.41) is 11.0. The Hall–Kier alpha value is -1.83. The number of aromatic carboxylic acids is 1. The Bertz CT molecular complexity index is 541. The molecule has 0 radical (unpaired) electrons. The van der Waals surface area contributed by atoms with Gasteiger partial charge < -0.3 is 5.11 Å². The van der Waals surface area contributed by atoms with Gasteiger partial charge in [-0.2, -0.15) is 0 Å². The summed E-state index contributed by atoms with van der Waals surface area (Å²) in [7, 11) is 0. The predicted octanol–water partition coefficient (Wildman–Crippen LogP) is 3.15. The number of carboxylic acid groups (broad SMARTS) is 1. The molecule has 0 heterocycles. The molecule has 2 aromatic rings. The third-order valence-electron chi connectivity index (χ3n) is 2.56. The minimum absolute atomic E-state index is 0.392. The molecule has 0 aliphatic carbocycles. The van der Waals surface area contributed by atoms with Gasteiger partial charge >= 0.3 is 5.97 Å². The number of fused-ring (bicyclic) bond motifs is 1. The fourth-order valence-corrected chi connectivity index (χ4v) is 1.93. The molecular weight excluding hydrogens is 188 g/mol. The van der Waals surface area contributed by atoms with E-state index in [9.17, 15) is 4.79 Å². The van der Waals surface area contributed by atoms with E-state index in [1.165, 1.54) is 0 Å². The maximum absolute atomic E-state index is 11.1. The molecule has 0 aromatic heterocycles. The van der Waals surface area contributed by atoms with Crippen molar-refractivity contribution in [1.29, 1.82) is 0 Å². The van der Waals surface area contributed by atoms with Gasteiger partial charge in [-0.3, -0.25) is 0 Å². The molecular formula is C13H12O2. The van der Waals surface area contributed by atoms with Crippen LogP contribution in [0.1, 0.15) is 21.5 Å². The van der Waals surface area contributed by atoms with Gasteiger partial charge in [-0.15, -0.1) is 0 Å². The topological polar surface area (TPSA) is 37.3 Å². The summed E-state index contributed by atoms with van der Waals surface area (Å²) in [6.07, 6.45) is 0. The summed E-state index contributed by atoms with van der Waals surface area (Å²) in [5.74, 6) is -0.863. The summed E-state index contributed by atoms with van der Waals surface area (Å²) >= 11 is 0. The smallest absolute Gasteiger partial charge is 0.336 e. The molecule has 0 atom stereocenters. The molecule has 76 valence electrons. The monoisotopic (exact) mass is 200 g/mol. The van der Waals surface area contributed by atoms with Gasteiger partial charge in [0.05, 0.1) is 5.56 Å². The van der Waals surface area contributed by atoms with Gasteiger partial charge in [0, 0.05) is 0 Å². The SMILES string of the molecule is Cc1cc(C(=O)O)c2c(C)cccc2c1. The highest BCUT2D eigenvalue weighted by atomic mass is 16.4. The van der Waals surface area contributed by atoms with Crippen LogP contribution in [0, 0.1) is 13.8 Å². The Morgan fingerprint density at radius 3 is 2.60 bits per heavy atom. The van der Waals surface area contributed by atoms with Crippen molar-refractivity contribution < 1.29 is 9.90 Å². The summed E-state index contributed by atoms with van der Waals surface area (Å²) in [5.41, 5.74) is 2.37. The summed E-state index contributed by atoms with van der Waals surface area (Å²) in [6, 6.07) is 9.56. The van der Waals surface area contributed by atoms with E-state index in [1.807, 2.05) is 38.1 Å². The lowest BCUT2D eigenvalue weighted by Crippen LogP contribution is -1.99. The number of hydrogen-bond donors (Lipinski definition) is 1. The van der Waals surface area contributed by atoms with Crippen LogP contribution >= 0.6 is 0 Å². The van der Waals surface area contributed by atoms with E-state index in [0.717, 1.165) is 21.9 Å². The van der Waals surface area contributed by atoms with Crippen molar-refractivity contribution in [3.8, 4) is 0 Å². The van der Waals surface area contributed by atoms with E-state index in [1.54, 1.807) is 6.07 Å². The first-order chi connectivity index (χ1) is 7.09. The molecule has 15 heavy (non-hydrogen) atoms. The van der Waals surface area contributed by atoms with E-state index in [4.69, 9.17) is 5.11 Å². The quantitative estimate of drug-likeness (QED) is 0.767. The Kier molecular flexibility index (Phi) is 2.19. The van der Waals surface area contributed by atoms with E-state index in [2.05, 4.69) is 0 Å². The van der Waals surface area contributed by atoms with Gasteiger partial charge in [0.25, 0.3) is 0 Å². The number of carboxylic acids is 1. The van der Waals surface area contributed by atoms with Crippen LogP contribution in [0.5, 0.6) is 0 Å². The van der Waals surface area contributed by atoms with E-state index in [0.29, 0.717) is 5.56 Å². The molecule has 1 N–H and O–H groups in total. The van der Waals surface area contributed by atoms with Crippen LogP contribution in [0.3, 0.4) is 0 Å². The van der Waals surface area contributed by atoms with E-state index >= 15 is 0 Å². The molecule has 2 rings (SSSR count). The molecule has 0 saturated heterocycles. The lowest BCUT2D eigenvalue weighted by atomic mass is 9.98. The molecule has 0 spiro atoms. The van der Waals surface area contributed by atoms with Crippen molar-refractivity contribution in [3.05, 3.63) is 47.0 Å². The molecule has 0 aliphatic rings. The van der Waals surface area contributed by atoms with Crippen LogP contribution in [-0.2, 0) is 0 Å². The fourth-order valence-electron chi connectivity index (χ4n) is 1.93. The van der Waals surface area contributed by atoms with Crippen LogP contribution in [0.15, 0.2) is 30.3 Å². The third kappa shape index (κ3) is 1.59. The average molecular weight is 200 g/mol. The van der Waals surface area contributed by atoms with Crippen LogP contribution in [0.25, 0.3) is 10.8 Å². The molecule has 0 bridgehead atoms. The van der Waals surface area contributed by atoms with Crippen LogP contribution in [0.4, 0.5) is 0 Å². The largest absolute Gasteiger partial charge is 0.478 e. The molecule has 2 aromatic carbocycles. The zero-order chi connectivity index (χ0) is 11.0. The van der Waals surface area contributed by atoms with Crippen molar-refractivity contribution in [2.45, 2.75) is 13.8 Å². The van der Waals surface area contributed by atoms with Gasteiger partial charge in [0.1, 0.15) is 0 Å². The number of hydrogen-bond acceptors (Lipinski definition) is 1. The van der Waals surface area contributed by atoms with Gasteiger partial charge in [-0.05, 0) is 41.8 Å². The van der Waals surface area contributed by atoms with Crippen molar-refractivity contribution >= 4 is 16.7 Å². The number of aryl methyl sites for hydroxylation is 2. The first-order valence-corrected chi connectivity index (χ1v) is 4.83. The molecule has 0 unspecified atom stereocenters. The fraction of sp³-hybridized carbons (Fsp3) is 0.154. The minimum atomic E-state index is -0.863. The van der Waals surface area contributed by atoms with Crippen molar-refractivity contribution in [1.82, 2.24) is 0 Å². The Balaban J connectivity index is 2.94. The van der Waals surface area contributed by atoms with E-state index in [-0.39, 0.29) is 0 Å². The number of carbonyl (C=O) groups is 1. The highest BCUT2D eigenvalue weighted by molar-refractivity contribution is 6.05. The summed E-state index contributed by atoms with van der Waals surface area (Å²) in [6.45, 7) is 3.85. The highest BCUT2D eigenvalue weighted by Crippen LogP contribution is 2.24. The number of rotatable bonds is 1. The molecule has 2 nitrogen and oxygen atoms in total. The highest BCUT2D eigenvalue weighted by Gasteiger charge is 2.10. The lowest BCUT2D eigenvalue weighted by molar-refractivity contribution is 0.0699. The van der Waals surface area contributed by atoms with Crippen LogP contribution in [0.2, 0.25) is 0 Å². The maximum Gasteiger partial charge on any atom is 0.336 e. The second kappa shape index (κ2) is 3.39. The minimum Gasteiger partial charge on any atom is -0.478 e. The molecule has 0 fully saturated rings. The predicted molar refractivity (Wildman–Crippen MR) is 60.4 cm³/mol. The zero-order valence-electron chi connectivity index (χ0n) is 8.74. The molecule has 0 aliphatic heterocycles. The van der Waals surface area contributed by atoms with Crippen molar-refractivity contribution in [2.24, 2.45) is 0 Å². The Morgan fingerprint density at radius 2 is 1.93 bits per heavy atom. The van der Waals surface area contributed by atoms with Crippen molar-refractivity contribution in [3.63, 3.8) is 0 Å². The molecule has 2 heteroatoms. The summed E-state index contributed by atoms with van der Waals surface area (Å²) in [4.78, 5) is 11.1. The third-order valence-corrected chi connectivity index (χ3v) is 2.56. The van der Waals surface area contributed by atoms with Gasteiger partial charge in [-0.1, -0.05) is 24.3 Å². The maximum atomic E-state index is 11.1. The first kappa shape index (κ1) is 9.71. The van der Waals surface area contributed by atoms with Crippen LogP contribution in [-0.4, -0.2) is 11.1 Å². The van der Waals surface area contributed by atoms with Gasteiger partial charge in [0.2, 0.25) is 0 Å². The van der Waals surface area contributed by atoms with E-state index < -0.39 is 5.97 Å². The standard InChI is InChI=1S/C13H12O2/c1-8-6-10-5-3-4-9(2)12(10)11(7-8)13(14)15/h3-7H,1-2H3,(H,14,15). The first-order valence-electron chi connectivity index (χ1n) is 4.83. The Labute approximate surface area is 88.2 Å². The average Bonchev–Trinajstić information content (AvgIpc) is 2.16. The molecule has 0 amide bonds. The van der Waals surface area contributed by atoms with Gasteiger partial charge in [0.15, 0.2) is 0 Å². The van der Waals surface area contributed by atoms with Crippen molar-refractivity contribution in [2.75, 3.05) is 0 Å². The Morgan fingerprint density at radius 1 is 1.20 bits per heavy atom.